The minimum Gasteiger partial charge on any atom is -0.475 e. The molecule has 184 valence electrons. The number of hydrogen-bond donors (Lipinski definition) is 6. The summed E-state index contributed by atoms with van der Waals surface area (Å²) in [5, 5.41) is 27.4. The number of benzene rings is 1. The Morgan fingerprint density at radius 2 is 1.74 bits per heavy atom. The van der Waals surface area contributed by atoms with E-state index in [0.717, 1.165) is 6.42 Å². The van der Waals surface area contributed by atoms with Crippen molar-refractivity contribution < 1.29 is 43.0 Å². The highest BCUT2D eigenvalue weighted by Gasteiger charge is 2.38. The van der Waals surface area contributed by atoms with Gasteiger partial charge >= 0.3 is 12.1 Å². The molecule has 2 amide bonds. The number of carboxylic acids is 1. The van der Waals surface area contributed by atoms with E-state index < -0.39 is 35.5 Å². The van der Waals surface area contributed by atoms with Gasteiger partial charge in [-0.2, -0.15) is 13.2 Å². The summed E-state index contributed by atoms with van der Waals surface area (Å²) in [5.74, 6) is 7.88. The molecule has 1 fully saturated rings. The van der Waals surface area contributed by atoms with E-state index in [1.165, 1.54) is 5.48 Å². The standard InChI is InChI=1S/C20H23N3O4.C2HF3O2/c1-20(2,21)17(19(26)23-27)22-18(25)14-9-7-13(8-10-14)5-3-4-6-15-11-16(15)12-24;3-2(4,5)1(6)7/h7-10,15-17,24,27H,11-12,21H2,1-2H3,(H,22,25)(H,23,26);(H,6,7). The molecule has 0 aliphatic heterocycles. The zero-order valence-corrected chi connectivity index (χ0v) is 18.2. The number of carbonyl (C=O) groups is 3. The Hall–Kier alpha value is -3.58. The van der Waals surface area contributed by atoms with E-state index in [-0.39, 0.29) is 18.4 Å². The van der Waals surface area contributed by atoms with Crippen LogP contribution in [0.4, 0.5) is 13.2 Å². The Morgan fingerprint density at radius 1 is 1.18 bits per heavy atom. The molecule has 0 spiro atoms. The summed E-state index contributed by atoms with van der Waals surface area (Å²) in [6.45, 7) is 3.30. The number of aliphatic carboxylic acids is 1. The lowest BCUT2D eigenvalue weighted by molar-refractivity contribution is -0.192. The van der Waals surface area contributed by atoms with Gasteiger partial charge in [-0.15, -0.1) is 0 Å². The highest BCUT2D eigenvalue weighted by molar-refractivity contribution is 5.97. The number of hydroxylamine groups is 1. The Bertz CT molecular complexity index is 1010. The fourth-order valence-corrected chi connectivity index (χ4v) is 2.43. The van der Waals surface area contributed by atoms with E-state index >= 15 is 0 Å². The lowest BCUT2D eigenvalue weighted by Crippen LogP contribution is -2.61. The van der Waals surface area contributed by atoms with Crippen molar-refractivity contribution in [2.45, 2.75) is 38.0 Å². The largest absolute Gasteiger partial charge is 0.490 e. The minimum atomic E-state index is -5.08. The van der Waals surface area contributed by atoms with Crippen LogP contribution in [0.2, 0.25) is 0 Å². The fourth-order valence-electron chi connectivity index (χ4n) is 2.43. The molecule has 34 heavy (non-hydrogen) atoms. The van der Waals surface area contributed by atoms with Crippen molar-refractivity contribution in [1.29, 1.82) is 0 Å². The summed E-state index contributed by atoms with van der Waals surface area (Å²) >= 11 is 0. The van der Waals surface area contributed by atoms with Gasteiger partial charge in [-0.25, -0.2) is 10.3 Å². The summed E-state index contributed by atoms with van der Waals surface area (Å²) in [6.07, 6.45) is -4.16. The normalized spacial score (nSPS) is 17.3. The SMILES string of the molecule is CC(C)(N)C(NC(=O)c1ccc(C#CC#CC2CC2CO)cc1)C(=O)NO.O=C(O)C(F)(F)F. The second-order valence-electron chi connectivity index (χ2n) is 7.89. The van der Waals surface area contributed by atoms with Gasteiger partial charge in [-0.1, -0.05) is 11.8 Å². The van der Waals surface area contributed by atoms with Crippen LogP contribution in [0.15, 0.2) is 24.3 Å². The Balaban J connectivity index is 0.000000718. The van der Waals surface area contributed by atoms with Crippen LogP contribution >= 0.6 is 0 Å². The molecule has 1 saturated carbocycles. The molecule has 3 atom stereocenters. The third kappa shape index (κ3) is 9.50. The van der Waals surface area contributed by atoms with Gasteiger partial charge in [-0.3, -0.25) is 14.8 Å². The van der Waals surface area contributed by atoms with Gasteiger partial charge in [0.25, 0.3) is 11.8 Å². The predicted molar refractivity (Wildman–Crippen MR) is 113 cm³/mol. The van der Waals surface area contributed by atoms with Crippen molar-refractivity contribution in [3.05, 3.63) is 35.4 Å². The van der Waals surface area contributed by atoms with Crippen molar-refractivity contribution >= 4 is 17.8 Å². The summed E-state index contributed by atoms with van der Waals surface area (Å²) < 4.78 is 31.7. The molecule has 1 aromatic carbocycles. The highest BCUT2D eigenvalue weighted by Crippen LogP contribution is 2.36. The zero-order valence-electron chi connectivity index (χ0n) is 18.2. The van der Waals surface area contributed by atoms with Gasteiger partial charge in [0.1, 0.15) is 6.04 Å². The minimum absolute atomic E-state index is 0.165. The average Bonchev–Trinajstić information content (AvgIpc) is 3.52. The van der Waals surface area contributed by atoms with Crippen LogP contribution in [0.1, 0.15) is 36.2 Å². The molecule has 7 N–H and O–H groups in total. The predicted octanol–water partition coefficient (Wildman–Crippen LogP) is 0.644. The van der Waals surface area contributed by atoms with E-state index in [9.17, 15) is 22.8 Å². The molecule has 9 nitrogen and oxygen atoms in total. The summed E-state index contributed by atoms with van der Waals surface area (Å²) in [7, 11) is 0. The number of rotatable bonds is 5. The number of carbonyl (C=O) groups excluding carboxylic acids is 2. The Labute approximate surface area is 193 Å². The third-order valence-corrected chi connectivity index (χ3v) is 4.47. The van der Waals surface area contributed by atoms with Gasteiger partial charge in [0, 0.05) is 29.2 Å². The van der Waals surface area contributed by atoms with Crippen molar-refractivity contribution in [2.75, 3.05) is 6.61 Å². The quantitative estimate of drug-likeness (QED) is 0.203. The first-order chi connectivity index (χ1) is 15.7. The van der Waals surface area contributed by atoms with Gasteiger partial charge in [-0.05, 0) is 62.3 Å². The summed E-state index contributed by atoms with van der Waals surface area (Å²) in [6, 6.07) is 5.40. The van der Waals surface area contributed by atoms with E-state index in [1.807, 2.05) is 0 Å². The Kier molecular flexibility index (Phi) is 10.1. The third-order valence-electron chi connectivity index (χ3n) is 4.47. The molecule has 3 unspecified atom stereocenters. The van der Waals surface area contributed by atoms with Crippen molar-refractivity contribution in [3.63, 3.8) is 0 Å². The van der Waals surface area contributed by atoms with Crippen LogP contribution in [0.25, 0.3) is 0 Å². The molecular weight excluding hydrogens is 459 g/mol. The van der Waals surface area contributed by atoms with Gasteiger partial charge < -0.3 is 21.3 Å². The number of amides is 2. The molecule has 2 rings (SSSR count). The molecule has 0 saturated heterocycles. The van der Waals surface area contributed by atoms with Gasteiger partial charge in [0.15, 0.2) is 0 Å². The summed E-state index contributed by atoms with van der Waals surface area (Å²) in [5.41, 5.74) is 7.35. The number of aliphatic hydroxyl groups is 1. The number of carboxylic acid groups (broad SMARTS) is 1. The molecular formula is C22H24F3N3O6. The molecule has 0 aromatic heterocycles. The molecule has 1 aliphatic rings. The van der Waals surface area contributed by atoms with Crippen LogP contribution in [-0.2, 0) is 9.59 Å². The number of aliphatic hydroxyl groups excluding tert-OH is 1. The monoisotopic (exact) mass is 483 g/mol. The first-order valence-corrected chi connectivity index (χ1v) is 9.77. The van der Waals surface area contributed by atoms with Gasteiger partial charge in [0.05, 0.1) is 0 Å². The first kappa shape index (κ1) is 28.5. The lowest BCUT2D eigenvalue weighted by Gasteiger charge is -2.29. The summed E-state index contributed by atoms with van der Waals surface area (Å²) in [4.78, 5) is 32.9. The Morgan fingerprint density at radius 3 is 2.15 bits per heavy atom. The smallest absolute Gasteiger partial charge is 0.475 e. The molecule has 0 bridgehead atoms. The highest BCUT2D eigenvalue weighted by atomic mass is 19.4. The number of nitrogens with two attached hydrogens (primary N) is 1. The topological polar surface area (TPSA) is 162 Å². The number of hydrogen-bond acceptors (Lipinski definition) is 6. The van der Waals surface area contributed by atoms with Crippen LogP contribution in [0.3, 0.4) is 0 Å². The second kappa shape index (κ2) is 12.0. The van der Waals surface area contributed by atoms with Crippen molar-refractivity contribution in [2.24, 2.45) is 17.6 Å². The number of halogens is 3. The van der Waals surface area contributed by atoms with Crippen LogP contribution in [0.5, 0.6) is 0 Å². The maximum Gasteiger partial charge on any atom is 0.490 e. The van der Waals surface area contributed by atoms with Crippen LogP contribution in [-0.4, -0.2) is 57.6 Å². The van der Waals surface area contributed by atoms with E-state index in [1.54, 1.807) is 38.1 Å². The van der Waals surface area contributed by atoms with E-state index in [4.69, 9.17) is 25.9 Å². The van der Waals surface area contributed by atoms with Crippen molar-refractivity contribution in [1.82, 2.24) is 10.8 Å². The van der Waals surface area contributed by atoms with E-state index in [2.05, 4.69) is 29.0 Å². The molecule has 1 aliphatic carbocycles. The van der Waals surface area contributed by atoms with E-state index in [0.29, 0.717) is 11.1 Å². The van der Waals surface area contributed by atoms with Gasteiger partial charge in [0.2, 0.25) is 0 Å². The van der Waals surface area contributed by atoms with Crippen LogP contribution < -0.4 is 16.5 Å². The number of alkyl halides is 3. The lowest BCUT2D eigenvalue weighted by atomic mass is 9.95. The number of nitrogens with one attached hydrogen (secondary N) is 2. The molecule has 0 heterocycles. The molecule has 1 aromatic rings. The first-order valence-electron chi connectivity index (χ1n) is 9.77. The van der Waals surface area contributed by atoms with Crippen molar-refractivity contribution in [3.8, 4) is 23.7 Å². The molecule has 0 radical (unpaired) electrons. The van der Waals surface area contributed by atoms with Crippen LogP contribution in [0, 0.1) is 35.5 Å². The fraction of sp³-hybridized carbons (Fsp3) is 0.409. The molecule has 12 heteroatoms. The zero-order chi connectivity index (χ0) is 26.1. The average molecular weight is 483 g/mol. The second-order valence-corrected chi connectivity index (χ2v) is 7.89. The maximum absolute atomic E-state index is 12.3. The maximum atomic E-state index is 12.3.